The Kier molecular flexibility index (Phi) is 2.19. The van der Waals surface area contributed by atoms with Crippen LogP contribution in [-0.2, 0) is 0 Å². The van der Waals surface area contributed by atoms with Crippen LogP contribution in [0.15, 0.2) is 47.0 Å². The first-order valence-corrected chi connectivity index (χ1v) is 5.14. The monoisotopic (exact) mass is 224 g/mol. The average molecular weight is 224 g/mol. The highest BCUT2D eigenvalue weighted by atomic mass is 16.4. The Hall–Kier alpha value is -2.49. The molecular formula is C13H8N2O2. The lowest BCUT2D eigenvalue weighted by Gasteiger charge is -1.91. The van der Waals surface area contributed by atoms with Gasteiger partial charge in [0.2, 0.25) is 11.6 Å². The number of aromatic nitrogens is 2. The molecule has 0 aliphatic heterocycles. The van der Waals surface area contributed by atoms with Gasteiger partial charge in [-0.1, -0.05) is 18.2 Å². The maximum atomic E-state index is 10.9. The van der Waals surface area contributed by atoms with Gasteiger partial charge in [0.15, 0.2) is 6.29 Å². The van der Waals surface area contributed by atoms with Gasteiger partial charge in [0.1, 0.15) is 5.52 Å². The number of nitrogens with zero attached hydrogens (tertiary/aromatic N) is 2. The summed E-state index contributed by atoms with van der Waals surface area (Å²) in [5.41, 5.74) is 2.23. The third kappa shape index (κ3) is 1.59. The molecule has 0 saturated heterocycles. The Morgan fingerprint density at radius 1 is 1.12 bits per heavy atom. The molecule has 0 amide bonds. The molecule has 3 rings (SSSR count). The molecule has 0 saturated carbocycles. The van der Waals surface area contributed by atoms with Crippen LogP contribution in [0.1, 0.15) is 10.4 Å². The molecule has 0 spiro atoms. The van der Waals surface area contributed by atoms with Gasteiger partial charge >= 0.3 is 0 Å². The van der Waals surface area contributed by atoms with Crippen molar-refractivity contribution in [2.24, 2.45) is 0 Å². The molecule has 0 atom stereocenters. The molecule has 4 heteroatoms. The number of aldehydes is 1. The number of rotatable bonds is 2. The van der Waals surface area contributed by atoms with E-state index >= 15 is 0 Å². The SMILES string of the molecule is O=Cc1ccnc2oc(-c3ccccc3)nc12. The van der Waals surface area contributed by atoms with Gasteiger partial charge in [-0.25, -0.2) is 9.97 Å². The minimum atomic E-state index is 0.383. The number of carbonyl (C=O) groups is 1. The number of oxazole rings is 1. The van der Waals surface area contributed by atoms with E-state index in [9.17, 15) is 4.79 Å². The van der Waals surface area contributed by atoms with Crippen LogP contribution in [0.2, 0.25) is 0 Å². The molecule has 0 radical (unpaired) electrons. The average Bonchev–Trinajstić information content (AvgIpc) is 2.83. The predicted molar refractivity (Wildman–Crippen MR) is 62.6 cm³/mol. The van der Waals surface area contributed by atoms with Gasteiger partial charge in [-0.3, -0.25) is 4.79 Å². The highest BCUT2D eigenvalue weighted by molar-refractivity contribution is 5.92. The molecule has 17 heavy (non-hydrogen) atoms. The van der Waals surface area contributed by atoms with E-state index < -0.39 is 0 Å². The Morgan fingerprint density at radius 3 is 2.71 bits per heavy atom. The summed E-state index contributed by atoms with van der Waals surface area (Å²) in [7, 11) is 0. The maximum absolute atomic E-state index is 10.9. The van der Waals surface area contributed by atoms with Gasteiger partial charge in [0.25, 0.3) is 0 Å². The quantitative estimate of drug-likeness (QED) is 0.628. The molecule has 0 unspecified atom stereocenters. The third-order valence-electron chi connectivity index (χ3n) is 2.48. The summed E-state index contributed by atoms with van der Waals surface area (Å²) < 4.78 is 5.52. The normalized spacial score (nSPS) is 10.6. The van der Waals surface area contributed by atoms with Crippen LogP contribution in [0.5, 0.6) is 0 Å². The number of fused-ring (bicyclic) bond motifs is 1. The predicted octanol–water partition coefficient (Wildman–Crippen LogP) is 2.70. The Bertz CT molecular complexity index is 674. The smallest absolute Gasteiger partial charge is 0.248 e. The lowest BCUT2D eigenvalue weighted by molar-refractivity contribution is 0.112. The Balaban J connectivity index is 2.24. The molecule has 0 N–H and O–H groups in total. The van der Waals surface area contributed by atoms with Crippen LogP contribution < -0.4 is 0 Å². The number of hydrogen-bond donors (Lipinski definition) is 0. The van der Waals surface area contributed by atoms with Crippen molar-refractivity contribution in [1.29, 1.82) is 0 Å². The highest BCUT2D eigenvalue weighted by Crippen LogP contribution is 2.23. The van der Waals surface area contributed by atoms with Gasteiger partial charge in [-0.2, -0.15) is 0 Å². The number of carbonyl (C=O) groups excluding carboxylic acids is 1. The van der Waals surface area contributed by atoms with Crippen molar-refractivity contribution < 1.29 is 9.21 Å². The lowest BCUT2D eigenvalue weighted by Crippen LogP contribution is -1.83. The molecule has 1 aromatic carbocycles. The van der Waals surface area contributed by atoms with Crippen LogP contribution in [0, 0.1) is 0 Å². The van der Waals surface area contributed by atoms with Crippen molar-refractivity contribution in [2.45, 2.75) is 0 Å². The zero-order valence-corrected chi connectivity index (χ0v) is 8.83. The van der Waals surface area contributed by atoms with Crippen molar-refractivity contribution in [1.82, 2.24) is 9.97 Å². The van der Waals surface area contributed by atoms with Crippen LogP contribution in [0.3, 0.4) is 0 Å². The van der Waals surface area contributed by atoms with E-state index in [0.717, 1.165) is 11.8 Å². The summed E-state index contributed by atoms with van der Waals surface area (Å²) in [6, 6.07) is 11.1. The van der Waals surface area contributed by atoms with Crippen molar-refractivity contribution in [2.75, 3.05) is 0 Å². The summed E-state index contributed by atoms with van der Waals surface area (Å²) in [4.78, 5) is 19.2. The molecule has 3 aromatic rings. The van der Waals surface area contributed by atoms with Crippen LogP contribution in [0.4, 0.5) is 0 Å². The first kappa shape index (κ1) is 9.72. The number of hydrogen-bond acceptors (Lipinski definition) is 4. The van der Waals surface area contributed by atoms with Crippen molar-refractivity contribution in [3.63, 3.8) is 0 Å². The van der Waals surface area contributed by atoms with E-state index in [0.29, 0.717) is 22.7 Å². The van der Waals surface area contributed by atoms with E-state index in [1.807, 2.05) is 30.3 Å². The summed E-state index contributed by atoms with van der Waals surface area (Å²) in [5, 5.41) is 0. The second-order valence-corrected chi connectivity index (χ2v) is 3.56. The fraction of sp³-hybridized carbons (Fsp3) is 0. The van der Waals surface area contributed by atoms with Crippen LogP contribution in [-0.4, -0.2) is 16.3 Å². The molecule has 82 valence electrons. The van der Waals surface area contributed by atoms with Gasteiger partial charge in [0.05, 0.1) is 0 Å². The molecular weight excluding hydrogens is 216 g/mol. The fourth-order valence-corrected chi connectivity index (χ4v) is 1.65. The van der Waals surface area contributed by atoms with Gasteiger partial charge in [-0.05, 0) is 18.2 Å². The molecule has 0 aliphatic carbocycles. The summed E-state index contributed by atoms with van der Waals surface area (Å²) >= 11 is 0. The molecule has 2 aromatic heterocycles. The van der Waals surface area contributed by atoms with E-state index in [2.05, 4.69) is 9.97 Å². The number of benzene rings is 1. The van der Waals surface area contributed by atoms with E-state index in [4.69, 9.17) is 4.42 Å². The van der Waals surface area contributed by atoms with Gasteiger partial charge in [-0.15, -0.1) is 0 Å². The second-order valence-electron chi connectivity index (χ2n) is 3.56. The van der Waals surface area contributed by atoms with Crippen molar-refractivity contribution in [3.05, 3.63) is 48.2 Å². The fourth-order valence-electron chi connectivity index (χ4n) is 1.65. The summed E-state index contributed by atoms with van der Waals surface area (Å²) in [5.74, 6) is 0.474. The zero-order chi connectivity index (χ0) is 11.7. The molecule has 4 nitrogen and oxygen atoms in total. The van der Waals surface area contributed by atoms with E-state index in [1.165, 1.54) is 6.20 Å². The first-order chi connectivity index (χ1) is 8.38. The second kappa shape index (κ2) is 3.83. The minimum Gasteiger partial charge on any atom is -0.418 e. The molecule has 0 fully saturated rings. The van der Waals surface area contributed by atoms with Crippen molar-refractivity contribution >= 4 is 17.5 Å². The van der Waals surface area contributed by atoms with E-state index in [1.54, 1.807) is 6.07 Å². The van der Waals surface area contributed by atoms with Crippen molar-refractivity contribution in [3.8, 4) is 11.5 Å². The van der Waals surface area contributed by atoms with Gasteiger partial charge < -0.3 is 4.42 Å². The lowest BCUT2D eigenvalue weighted by atomic mass is 10.2. The number of pyridine rings is 1. The maximum Gasteiger partial charge on any atom is 0.248 e. The Labute approximate surface area is 96.9 Å². The third-order valence-corrected chi connectivity index (χ3v) is 2.48. The van der Waals surface area contributed by atoms with E-state index in [-0.39, 0.29) is 0 Å². The topological polar surface area (TPSA) is 56.0 Å². The van der Waals surface area contributed by atoms with Gasteiger partial charge in [0, 0.05) is 17.3 Å². The van der Waals surface area contributed by atoms with Crippen LogP contribution in [0.25, 0.3) is 22.7 Å². The summed E-state index contributed by atoms with van der Waals surface area (Å²) in [6.45, 7) is 0. The molecule has 2 heterocycles. The zero-order valence-electron chi connectivity index (χ0n) is 8.83. The highest BCUT2D eigenvalue weighted by Gasteiger charge is 2.11. The molecule has 0 aliphatic rings. The Morgan fingerprint density at radius 2 is 1.94 bits per heavy atom. The first-order valence-electron chi connectivity index (χ1n) is 5.14. The van der Waals surface area contributed by atoms with Crippen LogP contribution >= 0.6 is 0 Å². The minimum absolute atomic E-state index is 0.383. The summed E-state index contributed by atoms with van der Waals surface area (Å²) in [6.07, 6.45) is 2.29. The molecule has 0 bridgehead atoms. The standard InChI is InChI=1S/C13H8N2O2/c16-8-10-6-7-14-13-11(10)15-12(17-13)9-4-2-1-3-5-9/h1-8H. The largest absolute Gasteiger partial charge is 0.418 e.